The van der Waals surface area contributed by atoms with Crippen molar-refractivity contribution in [2.45, 2.75) is 51.8 Å². The Bertz CT molecular complexity index is 1120. The van der Waals surface area contributed by atoms with Crippen molar-refractivity contribution in [1.29, 1.82) is 0 Å². The summed E-state index contributed by atoms with van der Waals surface area (Å²) in [4.78, 5) is 37.1. The number of ether oxygens (including phenoxy) is 1. The van der Waals surface area contributed by atoms with Crippen LogP contribution in [0.5, 0.6) is 5.75 Å². The number of halogens is 4. The second-order valence-electron chi connectivity index (χ2n) is 11.2. The van der Waals surface area contributed by atoms with Crippen LogP contribution in [0.1, 0.15) is 45.6 Å². The fourth-order valence-electron chi connectivity index (χ4n) is 5.01. The quantitative estimate of drug-likeness (QED) is 0.505. The predicted octanol–water partition coefficient (Wildman–Crippen LogP) is 5.05. The highest BCUT2D eigenvalue weighted by Gasteiger charge is 2.48. The predicted molar refractivity (Wildman–Crippen MR) is 145 cm³/mol. The summed E-state index contributed by atoms with van der Waals surface area (Å²) in [5.74, 6) is 0.701. The molecule has 1 aromatic heterocycles. The number of carbonyl (C=O) groups is 2. The zero-order valence-electron chi connectivity index (χ0n) is 22.5. The Morgan fingerprint density at radius 1 is 0.949 bits per heavy atom. The lowest BCUT2D eigenvalue weighted by atomic mass is 9.87. The van der Waals surface area contributed by atoms with Crippen LogP contribution in [0.3, 0.4) is 0 Å². The summed E-state index contributed by atoms with van der Waals surface area (Å²) in [5.41, 5.74) is -2.39. The molecule has 2 aliphatic rings. The molecule has 2 fully saturated rings. The monoisotopic (exact) mass is 568 g/mol. The van der Waals surface area contributed by atoms with Gasteiger partial charge in [0, 0.05) is 45.3 Å². The summed E-state index contributed by atoms with van der Waals surface area (Å²) >= 11 is 0. The van der Waals surface area contributed by atoms with E-state index in [9.17, 15) is 22.8 Å². The molecule has 1 aromatic carbocycles. The van der Waals surface area contributed by atoms with Crippen LogP contribution < -0.4 is 9.64 Å². The van der Waals surface area contributed by atoms with Gasteiger partial charge in [-0.1, -0.05) is 26.8 Å². The van der Waals surface area contributed by atoms with E-state index in [-0.39, 0.29) is 41.9 Å². The molecule has 0 radical (unpaired) electrons. The van der Waals surface area contributed by atoms with E-state index in [1.54, 1.807) is 16.0 Å². The van der Waals surface area contributed by atoms with E-state index in [0.717, 1.165) is 18.0 Å². The molecule has 1 unspecified atom stereocenters. The van der Waals surface area contributed by atoms with Crippen LogP contribution in [0, 0.1) is 5.41 Å². The molecular formula is C28H36ClF3N4O3. The van der Waals surface area contributed by atoms with Gasteiger partial charge in [-0.3, -0.25) is 9.59 Å². The molecule has 2 aliphatic heterocycles. The Labute approximate surface area is 233 Å². The maximum Gasteiger partial charge on any atom is 0.416 e. The van der Waals surface area contributed by atoms with Gasteiger partial charge in [-0.25, -0.2) is 4.98 Å². The van der Waals surface area contributed by atoms with Crippen molar-refractivity contribution >= 4 is 30.0 Å². The number of pyridine rings is 1. The Balaban J connectivity index is 0.00000420. The van der Waals surface area contributed by atoms with E-state index in [0.29, 0.717) is 52.0 Å². The average molecular weight is 569 g/mol. The van der Waals surface area contributed by atoms with Gasteiger partial charge in [0.15, 0.2) is 0 Å². The number of anilines is 1. The van der Waals surface area contributed by atoms with Gasteiger partial charge >= 0.3 is 6.18 Å². The number of amides is 2. The minimum absolute atomic E-state index is 0. The molecule has 3 heterocycles. The van der Waals surface area contributed by atoms with Gasteiger partial charge in [0.25, 0.3) is 5.91 Å². The first-order valence-electron chi connectivity index (χ1n) is 13.0. The van der Waals surface area contributed by atoms with Crippen LogP contribution >= 0.6 is 12.4 Å². The van der Waals surface area contributed by atoms with Gasteiger partial charge < -0.3 is 19.4 Å². The van der Waals surface area contributed by atoms with Crippen LogP contribution in [0.2, 0.25) is 0 Å². The molecule has 11 heteroatoms. The summed E-state index contributed by atoms with van der Waals surface area (Å²) in [6, 6.07) is 10.1. The van der Waals surface area contributed by atoms with Crippen molar-refractivity contribution in [1.82, 2.24) is 14.8 Å². The molecule has 0 saturated carbocycles. The average Bonchev–Trinajstić information content (AvgIpc) is 2.88. The Hall–Kier alpha value is -3.01. The van der Waals surface area contributed by atoms with Crippen LogP contribution in [0.15, 0.2) is 48.7 Å². The summed E-state index contributed by atoms with van der Waals surface area (Å²) in [6.45, 7) is 8.58. The number of hydrogen-bond donors (Lipinski definition) is 0. The lowest BCUT2D eigenvalue weighted by molar-refractivity contribution is -0.157. The Morgan fingerprint density at radius 3 is 2.18 bits per heavy atom. The molecule has 0 aliphatic carbocycles. The third-order valence-electron chi connectivity index (χ3n) is 6.91. The fraction of sp³-hybridized carbons (Fsp3) is 0.536. The number of alkyl halides is 3. The second kappa shape index (κ2) is 12.0. The van der Waals surface area contributed by atoms with E-state index in [2.05, 4.69) is 9.88 Å². The van der Waals surface area contributed by atoms with E-state index >= 15 is 0 Å². The SMILES string of the molecule is CC(C)(C)CC(=O)N1CCCC(Oc2ccc(C(F)(F)F)cc2)(C(=O)N2CCN(c3ccccn3)CC2)C1.Cl. The second-order valence-corrected chi connectivity index (χ2v) is 11.2. The number of likely N-dealkylation sites (tertiary alicyclic amines) is 1. The molecule has 2 aromatic rings. The molecule has 7 nitrogen and oxygen atoms in total. The molecule has 1 atom stereocenters. The van der Waals surface area contributed by atoms with E-state index in [4.69, 9.17) is 4.74 Å². The molecule has 39 heavy (non-hydrogen) atoms. The number of carbonyl (C=O) groups excluding carboxylic acids is 2. The zero-order valence-corrected chi connectivity index (χ0v) is 23.4. The summed E-state index contributed by atoms with van der Waals surface area (Å²) in [7, 11) is 0. The van der Waals surface area contributed by atoms with Gasteiger partial charge in [-0.2, -0.15) is 13.2 Å². The number of benzene rings is 1. The van der Waals surface area contributed by atoms with Crippen LogP contribution in [0.25, 0.3) is 0 Å². The first kappa shape index (κ1) is 30.5. The van der Waals surface area contributed by atoms with Gasteiger partial charge in [0.1, 0.15) is 11.6 Å². The van der Waals surface area contributed by atoms with Gasteiger partial charge in [0.05, 0.1) is 12.1 Å². The maximum absolute atomic E-state index is 14.1. The van der Waals surface area contributed by atoms with Gasteiger partial charge in [-0.05, 0) is 54.7 Å². The number of aromatic nitrogens is 1. The highest BCUT2D eigenvalue weighted by molar-refractivity contribution is 5.88. The third kappa shape index (κ3) is 7.56. The lowest BCUT2D eigenvalue weighted by Crippen LogP contribution is -2.64. The van der Waals surface area contributed by atoms with Crippen molar-refractivity contribution in [2.24, 2.45) is 5.41 Å². The molecule has 4 rings (SSSR count). The van der Waals surface area contributed by atoms with E-state index in [1.165, 1.54) is 12.1 Å². The lowest BCUT2D eigenvalue weighted by Gasteiger charge is -2.46. The molecule has 2 amide bonds. The largest absolute Gasteiger partial charge is 0.476 e. The van der Waals surface area contributed by atoms with Crippen molar-refractivity contribution in [3.63, 3.8) is 0 Å². The highest BCUT2D eigenvalue weighted by atomic mass is 35.5. The molecular weight excluding hydrogens is 533 g/mol. The summed E-state index contributed by atoms with van der Waals surface area (Å²) in [5, 5.41) is 0. The van der Waals surface area contributed by atoms with Crippen molar-refractivity contribution in [3.8, 4) is 5.75 Å². The van der Waals surface area contributed by atoms with Crippen molar-refractivity contribution < 1.29 is 27.5 Å². The number of rotatable bonds is 5. The van der Waals surface area contributed by atoms with Gasteiger partial charge in [0.2, 0.25) is 11.5 Å². The Morgan fingerprint density at radius 2 is 1.62 bits per heavy atom. The minimum atomic E-state index is -4.47. The normalized spacial score (nSPS) is 20.3. The molecule has 0 N–H and O–H groups in total. The highest BCUT2D eigenvalue weighted by Crippen LogP contribution is 2.34. The Kier molecular flexibility index (Phi) is 9.41. The number of piperazine rings is 1. The zero-order chi connectivity index (χ0) is 27.6. The standard InChI is InChI=1S/C28H35F3N4O3.ClH/c1-26(2,3)19-24(36)35-14-6-12-27(20-35,38-22-10-8-21(9-11-22)28(29,30)31)25(37)34-17-15-33(16-18-34)23-7-4-5-13-32-23;/h4-5,7-11,13H,6,12,14-20H2,1-3H3;1H. The van der Waals surface area contributed by atoms with Crippen LogP contribution in [-0.4, -0.2) is 71.5 Å². The van der Waals surface area contributed by atoms with Crippen LogP contribution in [-0.2, 0) is 15.8 Å². The first-order valence-corrected chi connectivity index (χ1v) is 13.0. The molecule has 0 bridgehead atoms. The molecule has 2 saturated heterocycles. The summed E-state index contributed by atoms with van der Waals surface area (Å²) in [6.07, 6.45) is -1.51. The van der Waals surface area contributed by atoms with Crippen molar-refractivity contribution in [3.05, 3.63) is 54.2 Å². The molecule has 214 valence electrons. The summed E-state index contributed by atoms with van der Waals surface area (Å²) < 4.78 is 45.6. The number of piperidine rings is 1. The minimum Gasteiger partial charge on any atom is -0.476 e. The van der Waals surface area contributed by atoms with Crippen LogP contribution in [0.4, 0.5) is 19.0 Å². The third-order valence-corrected chi connectivity index (χ3v) is 6.91. The van der Waals surface area contributed by atoms with E-state index < -0.39 is 17.3 Å². The first-order chi connectivity index (χ1) is 17.9. The molecule has 0 spiro atoms. The van der Waals surface area contributed by atoms with Gasteiger partial charge in [-0.15, -0.1) is 12.4 Å². The maximum atomic E-state index is 14.1. The fourth-order valence-corrected chi connectivity index (χ4v) is 5.01. The van der Waals surface area contributed by atoms with E-state index in [1.807, 2.05) is 39.0 Å². The van der Waals surface area contributed by atoms with Crippen molar-refractivity contribution in [2.75, 3.05) is 44.2 Å². The number of nitrogens with zero attached hydrogens (tertiary/aromatic N) is 4. The number of hydrogen-bond acceptors (Lipinski definition) is 5. The topological polar surface area (TPSA) is 66.0 Å². The smallest absolute Gasteiger partial charge is 0.416 e.